The number of carbonyl (C=O) groups excluding carboxylic acids is 2. The largest absolute Gasteiger partial charge is 0.489 e. The number of methoxy groups -OCH3 is 1. The fourth-order valence-electron chi connectivity index (χ4n) is 4.39. The third-order valence-corrected chi connectivity index (χ3v) is 7.55. The molecule has 5 rings (SSSR count). The monoisotopic (exact) mass is 522 g/mol. The number of amides is 2. The van der Waals surface area contributed by atoms with E-state index in [4.69, 9.17) is 13.9 Å². The lowest BCUT2D eigenvalue weighted by atomic mass is 9.97. The summed E-state index contributed by atoms with van der Waals surface area (Å²) in [4.78, 5) is 50.8. The van der Waals surface area contributed by atoms with Gasteiger partial charge in [0, 0.05) is 36.0 Å². The number of hydrogen-bond acceptors (Lipinski definition) is 8. The van der Waals surface area contributed by atoms with Crippen LogP contribution in [0.15, 0.2) is 81.1 Å². The van der Waals surface area contributed by atoms with Crippen LogP contribution in [0.5, 0.6) is 5.75 Å². The summed E-state index contributed by atoms with van der Waals surface area (Å²) in [5.41, 5.74) is -0.874. The minimum absolute atomic E-state index is 0.0449. The molecule has 2 N–H and O–H groups in total. The minimum atomic E-state index is -1.67. The molecule has 0 spiro atoms. The summed E-state index contributed by atoms with van der Waals surface area (Å²) in [7, 11) is 1.31. The molecule has 37 heavy (non-hydrogen) atoms. The van der Waals surface area contributed by atoms with E-state index in [1.54, 1.807) is 36.4 Å². The van der Waals surface area contributed by atoms with E-state index >= 15 is 0 Å². The van der Waals surface area contributed by atoms with Crippen molar-refractivity contribution in [3.8, 4) is 5.75 Å². The van der Waals surface area contributed by atoms with Gasteiger partial charge in [0.25, 0.3) is 11.6 Å². The molecule has 0 saturated carbocycles. The second-order valence-corrected chi connectivity index (χ2v) is 9.56. The summed E-state index contributed by atoms with van der Waals surface area (Å²) in [6.45, 7) is -0.103. The first kappa shape index (κ1) is 24.6. The Balaban J connectivity index is 1.34. The average molecular weight is 523 g/mol. The Hall–Kier alpha value is -4.09. The molecule has 2 aromatic carbocycles. The maximum absolute atomic E-state index is 13.2. The summed E-state index contributed by atoms with van der Waals surface area (Å²) in [6.07, 6.45) is 0.0449. The molecule has 2 aliphatic rings. The molecule has 1 fully saturated rings. The van der Waals surface area contributed by atoms with Gasteiger partial charge >= 0.3 is 11.6 Å². The Morgan fingerprint density at radius 2 is 1.92 bits per heavy atom. The standard InChI is InChI=1S/C26H22N2O8S/c1-34-26(27-20(29)11-15-5-3-2-4-6-15)24(33)28-22(23(31)32)17(14-37-25(26)28)13-35-18-9-7-16-8-10-21(30)36-19(16)12-18/h2-10,12,25H,11,13-14H2,1H3,(H,27,29)(H,31,32). The Morgan fingerprint density at radius 3 is 2.65 bits per heavy atom. The third kappa shape index (κ3) is 4.47. The topological polar surface area (TPSA) is 135 Å². The molecule has 2 amide bonds. The predicted octanol–water partition coefficient (Wildman–Crippen LogP) is 2.13. The molecule has 11 heteroatoms. The maximum Gasteiger partial charge on any atom is 0.352 e. The Kier molecular flexibility index (Phi) is 6.48. The third-order valence-electron chi connectivity index (χ3n) is 6.17. The number of fused-ring (bicyclic) bond motifs is 2. The highest BCUT2D eigenvalue weighted by molar-refractivity contribution is 8.00. The number of benzene rings is 2. The summed E-state index contributed by atoms with van der Waals surface area (Å²) in [6, 6.07) is 16.9. The molecule has 1 saturated heterocycles. The number of nitrogens with one attached hydrogen (secondary N) is 1. The van der Waals surface area contributed by atoms with Gasteiger partial charge in [0.2, 0.25) is 5.91 Å². The van der Waals surface area contributed by atoms with Gasteiger partial charge in [-0.05, 0) is 23.8 Å². The molecule has 2 unspecified atom stereocenters. The number of rotatable bonds is 8. The Labute approximate surface area is 214 Å². The molecule has 0 aliphatic carbocycles. The van der Waals surface area contributed by atoms with Gasteiger partial charge in [-0.15, -0.1) is 11.8 Å². The summed E-state index contributed by atoms with van der Waals surface area (Å²) < 4.78 is 16.4. The van der Waals surface area contributed by atoms with Crippen LogP contribution in [0.4, 0.5) is 0 Å². The zero-order valence-corrected chi connectivity index (χ0v) is 20.4. The Morgan fingerprint density at radius 1 is 1.16 bits per heavy atom. The number of hydrogen-bond donors (Lipinski definition) is 2. The normalized spacial score (nSPS) is 20.8. The van der Waals surface area contributed by atoms with E-state index in [9.17, 15) is 24.3 Å². The van der Waals surface area contributed by atoms with Gasteiger partial charge in [-0.1, -0.05) is 30.3 Å². The number of thioether (sulfide) groups is 1. The predicted molar refractivity (Wildman–Crippen MR) is 134 cm³/mol. The molecule has 0 bridgehead atoms. The van der Waals surface area contributed by atoms with E-state index in [1.807, 2.05) is 18.2 Å². The van der Waals surface area contributed by atoms with Gasteiger partial charge in [-0.3, -0.25) is 14.5 Å². The van der Waals surface area contributed by atoms with Crippen LogP contribution in [0.2, 0.25) is 0 Å². The molecular weight excluding hydrogens is 500 g/mol. The van der Waals surface area contributed by atoms with Crippen molar-refractivity contribution >= 4 is 40.5 Å². The number of carboxylic acids is 1. The first-order valence-corrected chi connectivity index (χ1v) is 12.3. The number of nitrogens with zero attached hydrogens (tertiary/aromatic N) is 1. The van der Waals surface area contributed by atoms with Gasteiger partial charge in [0.05, 0.1) is 6.42 Å². The maximum atomic E-state index is 13.2. The van der Waals surface area contributed by atoms with Crippen LogP contribution in [0, 0.1) is 0 Å². The molecule has 190 valence electrons. The van der Waals surface area contributed by atoms with Gasteiger partial charge in [-0.25, -0.2) is 9.59 Å². The molecule has 3 aromatic rings. The SMILES string of the molecule is COC1(NC(=O)Cc2ccccc2)C(=O)N2C(C(=O)O)=C(COc3ccc4ccc(=O)oc4c3)CSC21. The lowest BCUT2D eigenvalue weighted by Crippen LogP contribution is -2.80. The van der Waals surface area contributed by atoms with Crippen molar-refractivity contribution in [3.05, 3.63) is 87.9 Å². The molecule has 3 heterocycles. The second-order valence-electron chi connectivity index (χ2n) is 8.49. The molecular formula is C26H22N2O8S. The smallest absolute Gasteiger partial charge is 0.352 e. The van der Waals surface area contributed by atoms with E-state index in [0.29, 0.717) is 22.3 Å². The highest BCUT2D eigenvalue weighted by Gasteiger charge is 2.66. The van der Waals surface area contributed by atoms with E-state index in [2.05, 4.69) is 5.32 Å². The van der Waals surface area contributed by atoms with Crippen molar-refractivity contribution in [2.24, 2.45) is 0 Å². The average Bonchev–Trinajstić information content (AvgIpc) is 2.89. The van der Waals surface area contributed by atoms with Crippen LogP contribution >= 0.6 is 11.8 Å². The molecule has 2 aliphatic heterocycles. The second kappa shape index (κ2) is 9.75. The first-order chi connectivity index (χ1) is 17.8. The lowest BCUT2D eigenvalue weighted by molar-refractivity contribution is -0.192. The van der Waals surface area contributed by atoms with E-state index in [1.165, 1.54) is 24.9 Å². The van der Waals surface area contributed by atoms with E-state index in [0.717, 1.165) is 10.5 Å². The van der Waals surface area contributed by atoms with Crippen LogP contribution in [0.25, 0.3) is 11.0 Å². The van der Waals surface area contributed by atoms with Gasteiger partial charge in [0.1, 0.15) is 29.0 Å². The number of ether oxygens (including phenoxy) is 2. The van der Waals surface area contributed by atoms with Crippen molar-refractivity contribution in [2.75, 3.05) is 19.5 Å². The highest BCUT2D eigenvalue weighted by Crippen LogP contribution is 2.46. The summed E-state index contributed by atoms with van der Waals surface area (Å²) >= 11 is 1.27. The van der Waals surface area contributed by atoms with Crippen molar-refractivity contribution in [1.29, 1.82) is 0 Å². The zero-order valence-electron chi connectivity index (χ0n) is 19.6. The molecule has 0 radical (unpaired) electrons. The van der Waals surface area contributed by atoms with Crippen molar-refractivity contribution in [2.45, 2.75) is 17.5 Å². The fourth-order valence-corrected chi connectivity index (χ4v) is 5.81. The van der Waals surface area contributed by atoms with Crippen LogP contribution in [0.1, 0.15) is 5.56 Å². The van der Waals surface area contributed by atoms with Gasteiger partial charge in [0.15, 0.2) is 0 Å². The first-order valence-electron chi connectivity index (χ1n) is 11.3. The number of carbonyl (C=O) groups is 3. The van der Waals surface area contributed by atoms with Crippen LogP contribution < -0.4 is 15.7 Å². The molecule has 10 nitrogen and oxygen atoms in total. The van der Waals surface area contributed by atoms with Crippen LogP contribution in [-0.4, -0.2) is 58.4 Å². The van der Waals surface area contributed by atoms with Gasteiger partial charge < -0.3 is 24.3 Å². The lowest BCUT2D eigenvalue weighted by Gasteiger charge is -2.55. The minimum Gasteiger partial charge on any atom is -0.489 e. The van der Waals surface area contributed by atoms with E-state index in [-0.39, 0.29) is 24.5 Å². The fraction of sp³-hybridized carbons (Fsp3) is 0.231. The molecule has 1 aromatic heterocycles. The van der Waals surface area contributed by atoms with Crippen molar-refractivity contribution in [1.82, 2.24) is 10.2 Å². The van der Waals surface area contributed by atoms with Gasteiger partial charge in [-0.2, -0.15) is 0 Å². The summed E-state index contributed by atoms with van der Waals surface area (Å²) in [5, 5.41) is 12.6. The summed E-state index contributed by atoms with van der Waals surface area (Å²) in [5.74, 6) is -1.77. The highest BCUT2D eigenvalue weighted by atomic mass is 32.2. The number of carboxylic acid groups (broad SMARTS) is 1. The van der Waals surface area contributed by atoms with Crippen LogP contribution in [-0.2, 0) is 25.5 Å². The molecule has 2 atom stereocenters. The van der Waals surface area contributed by atoms with Crippen LogP contribution in [0.3, 0.4) is 0 Å². The van der Waals surface area contributed by atoms with Crippen molar-refractivity contribution in [3.63, 3.8) is 0 Å². The number of β-lactam (4-membered cyclic amide) rings is 1. The van der Waals surface area contributed by atoms with E-state index < -0.39 is 34.5 Å². The zero-order chi connectivity index (χ0) is 26.2. The number of aliphatic carboxylic acids is 1. The quantitative estimate of drug-likeness (QED) is 0.259. The van der Waals surface area contributed by atoms with Crippen molar-refractivity contribution < 1.29 is 33.4 Å². The Bertz CT molecular complexity index is 1480.